The molecule has 0 aliphatic rings. The molecule has 4 N–H and O–H groups in total. The van der Waals surface area contributed by atoms with Crippen LogP contribution in [0.2, 0.25) is 0 Å². The van der Waals surface area contributed by atoms with E-state index in [9.17, 15) is 0 Å². The fourth-order valence-corrected chi connectivity index (χ4v) is 4.47. The molecule has 3 heteroatoms. The summed E-state index contributed by atoms with van der Waals surface area (Å²) in [5.74, 6) is 1.30. The Balaban J connectivity index is 3.84. The molecule has 0 aromatic rings. The summed E-state index contributed by atoms with van der Waals surface area (Å²) in [6.45, 7) is 10.7. The highest BCUT2D eigenvalue weighted by molar-refractivity contribution is 4.73. The average Bonchev–Trinajstić information content (AvgIpc) is 2.72. The van der Waals surface area contributed by atoms with E-state index in [1.807, 2.05) is 0 Å². The molecule has 0 amide bonds. The topological polar surface area (TPSA) is 61.3 Å². The molecule has 0 saturated heterocycles. The maximum absolute atomic E-state index is 6.47. The van der Waals surface area contributed by atoms with Gasteiger partial charge in [-0.15, -0.1) is 0 Å². The van der Waals surface area contributed by atoms with Gasteiger partial charge >= 0.3 is 0 Å². The molecule has 29 heavy (non-hydrogen) atoms. The lowest BCUT2D eigenvalue weighted by Gasteiger charge is -2.24. The summed E-state index contributed by atoms with van der Waals surface area (Å²) in [6, 6.07) is 0.567. The van der Waals surface area contributed by atoms with E-state index in [0.717, 1.165) is 26.1 Å². The third-order valence-electron chi connectivity index (χ3n) is 6.81. The van der Waals surface area contributed by atoms with Crippen LogP contribution >= 0.6 is 0 Å². The molecule has 0 spiro atoms. The number of rotatable bonds is 22. The van der Waals surface area contributed by atoms with E-state index in [1.54, 1.807) is 0 Å². The van der Waals surface area contributed by atoms with Crippen molar-refractivity contribution in [3.05, 3.63) is 0 Å². The molecule has 0 saturated carbocycles. The molecule has 0 aliphatic carbocycles. The van der Waals surface area contributed by atoms with Crippen molar-refractivity contribution in [3.8, 4) is 0 Å². The van der Waals surface area contributed by atoms with Gasteiger partial charge in [0.25, 0.3) is 0 Å². The number of hydrogen-bond acceptors (Lipinski definition) is 3. The van der Waals surface area contributed by atoms with Gasteiger partial charge in [0.2, 0.25) is 0 Å². The minimum Gasteiger partial charge on any atom is -0.381 e. The molecule has 3 nitrogen and oxygen atoms in total. The summed E-state index contributed by atoms with van der Waals surface area (Å²) >= 11 is 0. The van der Waals surface area contributed by atoms with Crippen molar-refractivity contribution < 1.29 is 4.74 Å². The summed E-state index contributed by atoms with van der Waals surface area (Å²) in [5.41, 5.74) is 12.9. The zero-order chi connectivity index (χ0) is 21.7. The van der Waals surface area contributed by atoms with Gasteiger partial charge in [-0.3, -0.25) is 0 Å². The summed E-state index contributed by atoms with van der Waals surface area (Å²) < 4.78 is 5.92. The van der Waals surface area contributed by atoms with Gasteiger partial charge in [-0.25, -0.2) is 0 Å². The molecule has 0 aromatic carbocycles. The highest BCUT2D eigenvalue weighted by Gasteiger charge is 2.17. The molecule has 4 atom stereocenters. The Morgan fingerprint density at radius 2 is 0.897 bits per heavy atom. The standard InChI is InChI=1S/C26H56N2O/c1-5-9-11-13-15-17-23(7-3)25(27)19-21-29-22-20-26(28)24(8-4)18-16-14-12-10-6-2/h23-26H,5-22,27-28H2,1-4H3. The molecular formula is C26H56N2O. The molecule has 0 rings (SSSR count). The van der Waals surface area contributed by atoms with Crippen LogP contribution in [0.1, 0.15) is 130 Å². The molecule has 0 aromatic heterocycles. The predicted molar refractivity (Wildman–Crippen MR) is 130 cm³/mol. The van der Waals surface area contributed by atoms with Crippen molar-refractivity contribution in [1.82, 2.24) is 0 Å². The Kier molecular flexibility index (Phi) is 21.0. The monoisotopic (exact) mass is 412 g/mol. The second-order valence-corrected chi connectivity index (χ2v) is 9.26. The summed E-state index contributed by atoms with van der Waals surface area (Å²) in [5, 5.41) is 0. The van der Waals surface area contributed by atoms with Crippen LogP contribution in [-0.4, -0.2) is 25.3 Å². The Bertz CT molecular complexity index is 294. The number of nitrogens with two attached hydrogens (primary N) is 2. The van der Waals surface area contributed by atoms with E-state index >= 15 is 0 Å². The normalized spacial score (nSPS) is 15.9. The fraction of sp³-hybridized carbons (Fsp3) is 1.00. The van der Waals surface area contributed by atoms with Crippen molar-refractivity contribution in [2.75, 3.05) is 13.2 Å². The van der Waals surface area contributed by atoms with Gasteiger partial charge in [-0.1, -0.05) is 105 Å². The highest BCUT2D eigenvalue weighted by Crippen LogP contribution is 2.20. The second kappa shape index (κ2) is 21.1. The second-order valence-electron chi connectivity index (χ2n) is 9.26. The lowest BCUT2D eigenvalue weighted by molar-refractivity contribution is 0.109. The van der Waals surface area contributed by atoms with Crippen molar-refractivity contribution in [2.45, 2.75) is 143 Å². The molecule has 0 aliphatic heterocycles. The zero-order valence-electron chi connectivity index (χ0n) is 20.6. The number of hydrogen-bond donors (Lipinski definition) is 2. The lowest BCUT2D eigenvalue weighted by atomic mass is 9.89. The van der Waals surface area contributed by atoms with E-state index in [-0.39, 0.29) is 12.1 Å². The first-order valence-corrected chi connectivity index (χ1v) is 13.2. The summed E-state index contributed by atoms with van der Waals surface area (Å²) in [7, 11) is 0. The van der Waals surface area contributed by atoms with Crippen LogP contribution in [0.3, 0.4) is 0 Å². The fourth-order valence-electron chi connectivity index (χ4n) is 4.47. The van der Waals surface area contributed by atoms with E-state index < -0.39 is 0 Å². The van der Waals surface area contributed by atoms with Crippen molar-refractivity contribution >= 4 is 0 Å². The Morgan fingerprint density at radius 3 is 1.24 bits per heavy atom. The first kappa shape index (κ1) is 28.9. The Morgan fingerprint density at radius 1 is 0.517 bits per heavy atom. The van der Waals surface area contributed by atoms with Gasteiger partial charge in [0.15, 0.2) is 0 Å². The first-order chi connectivity index (χ1) is 14.1. The van der Waals surface area contributed by atoms with Crippen molar-refractivity contribution in [2.24, 2.45) is 23.3 Å². The van der Waals surface area contributed by atoms with Crippen LogP contribution in [0.15, 0.2) is 0 Å². The van der Waals surface area contributed by atoms with Gasteiger partial charge in [-0.2, -0.15) is 0 Å². The zero-order valence-corrected chi connectivity index (χ0v) is 20.6. The van der Waals surface area contributed by atoms with E-state index in [4.69, 9.17) is 16.2 Å². The van der Waals surface area contributed by atoms with Crippen LogP contribution in [0.25, 0.3) is 0 Å². The molecule has 4 unspecified atom stereocenters. The van der Waals surface area contributed by atoms with Gasteiger partial charge in [-0.05, 0) is 37.5 Å². The van der Waals surface area contributed by atoms with Crippen molar-refractivity contribution in [3.63, 3.8) is 0 Å². The van der Waals surface area contributed by atoms with E-state index in [1.165, 1.54) is 89.9 Å². The molecule has 0 bridgehead atoms. The predicted octanol–water partition coefficient (Wildman–Crippen LogP) is 7.21. The van der Waals surface area contributed by atoms with Crippen LogP contribution in [0.4, 0.5) is 0 Å². The van der Waals surface area contributed by atoms with Crippen LogP contribution < -0.4 is 11.5 Å². The Hall–Kier alpha value is -0.120. The minimum absolute atomic E-state index is 0.284. The first-order valence-electron chi connectivity index (χ1n) is 13.2. The molecule has 0 fully saturated rings. The maximum Gasteiger partial charge on any atom is 0.0480 e. The van der Waals surface area contributed by atoms with Crippen LogP contribution in [0.5, 0.6) is 0 Å². The number of unbranched alkanes of at least 4 members (excludes halogenated alkanes) is 8. The summed E-state index contributed by atoms with van der Waals surface area (Å²) in [4.78, 5) is 0. The maximum atomic E-state index is 6.47. The van der Waals surface area contributed by atoms with Crippen LogP contribution in [0, 0.1) is 11.8 Å². The molecule has 0 radical (unpaired) electrons. The van der Waals surface area contributed by atoms with Gasteiger partial charge in [0.1, 0.15) is 0 Å². The highest BCUT2D eigenvalue weighted by atomic mass is 16.5. The largest absolute Gasteiger partial charge is 0.381 e. The van der Waals surface area contributed by atoms with Crippen LogP contribution in [-0.2, 0) is 4.74 Å². The minimum atomic E-state index is 0.284. The third kappa shape index (κ3) is 16.3. The molecule has 0 heterocycles. The molecular weight excluding hydrogens is 356 g/mol. The van der Waals surface area contributed by atoms with Gasteiger partial charge in [0, 0.05) is 25.3 Å². The van der Waals surface area contributed by atoms with Crippen molar-refractivity contribution in [1.29, 1.82) is 0 Å². The Labute approximate surface area is 184 Å². The van der Waals surface area contributed by atoms with E-state index in [0.29, 0.717) is 11.8 Å². The van der Waals surface area contributed by atoms with Gasteiger partial charge < -0.3 is 16.2 Å². The number of ether oxygens (including phenoxy) is 1. The average molecular weight is 413 g/mol. The third-order valence-corrected chi connectivity index (χ3v) is 6.81. The smallest absolute Gasteiger partial charge is 0.0480 e. The quantitative estimate of drug-likeness (QED) is 0.185. The lowest BCUT2D eigenvalue weighted by Crippen LogP contribution is -2.32. The summed E-state index contributed by atoms with van der Waals surface area (Å²) in [6.07, 6.45) is 20.4. The molecule has 176 valence electrons. The van der Waals surface area contributed by atoms with Gasteiger partial charge in [0.05, 0.1) is 0 Å². The SMILES string of the molecule is CCCCCCCC(CC)C(N)CCOCCC(N)C(CC)CCCCCCC. The van der Waals surface area contributed by atoms with E-state index in [2.05, 4.69) is 27.7 Å².